The van der Waals surface area contributed by atoms with Crippen molar-refractivity contribution in [3.05, 3.63) is 64.3 Å². The lowest BCUT2D eigenvalue weighted by molar-refractivity contribution is -0.152. The van der Waals surface area contributed by atoms with Crippen molar-refractivity contribution in [2.24, 2.45) is 5.92 Å². The summed E-state index contributed by atoms with van der Waals surface area (Å²) >= 11 is 3.45. The molecule has 0 saturated heterocycles. The summed E-state index contributed by atoms with van der Waals surface area (Å²) in [6.45, 7) is 0. The third kappa shape index (κ3) is 3.09. The smallest absolute Gasteiger partial charge is 0.360 e. The van der Waals surface area contributed by atoms with Gasteiger partial charge < -0.3 is 9.72 Å². The van der Waals surface area contributed by atoms with E-state index in [1.807, 2.05) is 18.2 Å². The fraction of sp³-hybridized carbons (Fsp3) is 0.286. The van der Waals surface area contributed by atoms with E-state index in [2.05, 4.69) is 25.7 Å². The van der Waals surface area contributed by atoms with Gasteiger partial charge in [0.05, 0.1) is 12.0 Å². The fourth-order valence-corrected chi connectivity index (χ4v) is 6.29. The van der Waals surface area contributed by atoms with E-state index in [-0.39, 0.29) is 17.7 Å². The van der Waals surface area contributed by atoms with E-state index in [0.717, 1.165) is 33.7 Å². The van der Waals surface area contributed by atoms with Crippen LogP contribution in [-0.2, 0) is 32.2 Å². The molecule has 152 valence electrons. The summed E-state index contributed by atoms with van der Waals surface area (Å²) in [5.74, 6) is -2.45. The van der Waals surface area contributed by atoms with Gasteiger partial charge in [-0.2, -0.15) is 0 Å². The Labute approximate surface area is 176 Å². The zero-order valence-corrected chi connectivity index (χ0v) is 18.0. The molecule has 5 nitrogen and oxygen atoms in total. The van der Waals surface area contributed by atoms with Gasteiger partial charge in [0.15, 0.2) is 0 Å². The highest BCUT2D eigenvalue weighted by Gasteiger charge is 2.59. The number of nitrogens with one attached hydrogen (secondary N) is 1. The van der Waals surface area contributed by atoms with E-state index >= 15 is 4.39 Å². The topological polar surface area (TPSA) is 76.2 Å². The Bertz CT molecular complexity index is 1190. The van der Waals surface area contributed by atoms with Crippen LogP contribution in [0.25, 0.3) is 10.9 Å². The number of halogens is 2. The number of carbonyl (C=O) groups excluding carboxylic acids is 1. The SMILES string of the molecule is COC(=O)C(F)(C1CCc2c([nH]c3ccc(Br)cc23)C1)S(=O)(=O)c1ccccc1. The van der Waals surface area contributed by atoms with Crippen molar-refractivity contribution in [3.8, 4) is 0 Å². The Morgan fingerprint density at radius 2 is 1.97 bits per heavy atom. The van der Waals surface area contributed by atoms with Gasteiger partial charge in [0, 0.05) is 27.0 Å². The standard InChI is InChI=1S/C21H19BrFNO4S/c1-28-20(25)21(23,29(26,27)15-5-3-2-4-6-15)13-7-9-16-17-12-14(22)8-10-18(17)24-19(16)11-13/h2-6,8,10,12-13,24H,7,9,11H2,1H3. The minimum Gasteiger partial charge on any atom is -0.466 e. The molecule has 4 rings (SSSR count). The first-order chi connectivity index (χ1) is 13.8. The van der Waals surface area contributed by atoms with Gasteiger partial charge in [0.2, 0.25) is 9.84 Å². The van der Waals surface area contributed by atoms with Crippen molar-refractivity contribution in [2.75, 3.05) is 7.11 Å². The third-order valence-corrected chi connectivity index (χ3v) is 8.25. The van der Waals surface area contributed by atoms with E-state index in [9.17, 15) is 13.2 Å². The van der Waals surface area contributed by atoms with Crippen molar-refractivity contribution in [3.63, 3.8) is 0 Å². The first-order valence-corrected chi connectivity index (χ1v) is 11.4. The molecule has 2 atom stereocenters. The van der Waals surface area contributed by atoms with Crippen LogP contribution in [0, 0.1) is 5.92 Å². The molecule has 1 heterocycles. The van der Waals surface area contributed by atoms with Crippen LogP contribution in [0.3, 0.4) is 0 Å². The second kappa shape index (κ2) is 7.25. The number of esters is 1. The summed E-state index contributed by atoms with van der Waals surface area (Å²) in [5.41, 5.74) is 2.68. The lowest BCUT2D eigenvalue weighted by atomic mass is 9.83. The maximum absolute atomic E-state index is 16.3. The number of carbonyl (C=O) groups is 1. The molecule has 3 aromatic rings. The average molecular weight is 480 g/mol. The van der Waals surface area contributed by atoms with Gasteiger partial charge in [0.25, 0.3) is 0 Å². The number of rotatable bonds is 4. The number of hydrogen-bond acceptors (Lipinski definition) is 4. The number of aromatic nitrogens is 1. The lowest BCUT2D eigenvalue weighted by Crippen LogP contribution is -2.51. The number of H-pyrrole nitrogens is 1. The van der Waals surface area contributed by atoms with E-state index in [4.69, 9.17) is 0 Å². The molecule has 0 bridgehead atoms. The van der Waals surface area contributed by atoms with Crippen molar-refractivity contribution < 1.29 is 22.3 Å². The molecule has 0 saturated carbocycles. The zero-order chi connectivity index (χ0) is 20.8. The Kier molecular flexibility index (Phi) is 5.02. The molecule has 2 aromatic carbocycles. The molecule has 0 amide bonds. The van der Waals surface area contributed by atoms with Crippen LogP contribution in [0.15, 0.2) is 57.9 Å². The monoisotopic (exact) mass is 479 g/mol. The number of hydrogen-bond donors (Lipinski definition) is 1. The van der Waals surface area contributed by atoms with Crippen LogP contribution in [-0.4, -0.2) is 31.5 Å². The number of alkyl halides is 1. The second-order valence-corrected chi connectivity index (χ2v) is 10.2. The maximum Gasteiger partial charge on any atom is 0.360 e. The van der Waals surface area contributed by atoms with E-state index in [1.165, 1.54) is 24.3 Å². The molecule has 0 aliphatic heterocycles. The van der Waals surface area contributed by atoms with Gasteiger partial charge in [-0.15, -0.1) is 0 Å². The summed E-state index contributed by atoms with van der Waals surface area (Å²) < 4.78 is 48.2. The predicted molar refractivity (Wildman–Crippen MR) is 111 cm³/mol. The first kappa shape index (κ1) is 20.1. The first-order valence-electron chi connectivity index (χ1n) is 9.15. The molecular weight excluding hydrogens is 461 g/mol. The highest BCUT2D eigenvalue weighted by molar-refractivity contribution is 9.10. The third-order valence-electron chi connectivity index (χ3n) is 5.58. The van der Waals surface area contributed by atoms with Crippen molar-refractivity contribution in [1.82, 2.24) is 4.98 Å². The number of sulfone groups is 1. The van der Waals surface area contributed by atoms with Crippen molar-refractivity contribution in [2.45, 2.75) is 29.2 Å². The lowest BCUT2D eigenvalue weighted by Gasteiger charge is -2.33. The number of aromatic amines is 1. The largest absolute Gasteiger partial charge is 0.466 e. The van der Waals surface area contributed by atoms with Gasteiger partial charge >= 0.3 is 11.0 Å². The van der Waals surface area contributed by atoms with Crippen LogP contribution in [0.5, 0.6) is 0 Å². The van der Waals surface area contributed by atoms with Crippen LogP contribution in [0.2, 0.25) is 0 Å². The number of fused-ring (bicyclic) bond motifs is 3. The number of benzene rings is 2. The molecular formula is C21H19BrFNO4S. The quantitative estimate of drug-likeness (QED) is 0.564. The van der Waals surface area contributed by atoms with E-state index in [1.54, 1.807) is 6.07 Å². The Hall–Kier alpha value is -2.19. The minimum absolute atomic E-state index is 0.0965. The fourth-order valence-electron chi connectivity index (χ4n) is 4.13. The van der Waals surface area contributed by atoms with Crippen molar-refractivity contribution in [1.29, 1.82) is 0 Å². The highest BCUT2D eigenvalue weighted by atomic mass is 79.9. The van der Waals surface area contributed by atoms with Crippen molar-refractivity contribution >= 4 is 42.6 Å². The predicted octanol–water partition coefficient (Wildman–Crippen LogP) is 4.35. The number of aryl methyl sites for hydroxylation is 1. The van der Waals surface area contributed by atoms with Crippen LogP contribution < -0.4 is 0 Å². The number of ether oxygens (including phenoxy) is 1. The summed E-state index contributed by atoms with van der Waals surface area (Å²) in [6, 6.07) is 13.0. The zero-order valence-electron chi connectivity index (χ0n) is 15.6. The summed E-state index contributed by atoms with van der Waals surface area (Å²) in [7, 11) is -3.61. The van der Waals surface area contributed by atoms with Gasteiger partial charge in [-0.3, -0.25) is 0 Å². The molecule has 29 heavy (non-hydrogen) atoms. The molecule has 2 unspecified atom stereocenters. The molecule has 8 heteroatoms. The molecule has 1 aromatic heterocycles. The average Bonchev–Trinajstić information content (AvgIpc) is 3.10. The maximum atomic E-state index is 16.3. The number of methoxy groups -OCH3 is 1. The summed E-state index contributed by atoms with van der Waals surface area (Å²) in [4.78, 5) is 15.5. The molecule has 1 N–H and O–H groups in total. The summed E-state index contributed by atoms with van der Waals surface area (Å²) in [5, 5.41) is -2.15. The molecule has 0 radical (unpaired) electrons. The van der Waals surface area contributed by atoms with Gasteiger partial charge in [-0.25, -0.2) is 17.6 Å². The van der Waals surface area contributed by atoms with Gasteiger partial charge in [0.1, 0.15) is 0 Å². The van der Waals surface area contributed by atoms with Crippen LogP contribution in [0.1, 0.15) is 17.7 Å². The Balaban J connectivity index is 1.80. The second-order valence-electron chi connectivity index (χ2n) is 7.16. The molecule has 0 spiro atoms. The molecule has 1 aliphatic carbocycles. The highest BCUT2D eigenvalue weighted by Crippen LogP contribution is 2.43. The van der Waals surface area contributed by atoms with Gasteiger partial charge in [-0.05, 0) is 55.2 Å². The molecule has 1 aliphatic rings. The Morgan fingerprint density at radius 3 is 2.66 bits per heavy atom. The minimum atomic E-state index is -4.61. The molecule has 0 fully saturated rings. The van der Waals surface area contributed by atoms with E-state index < -0.39 is 26.7 Å². The Morgan fingerprint density at radius 1 is 1.24 bits per heavy atom. The van der Waals surface area contributed by atoms with Crippen LogP contribution >= 0.6 is 15.9 Å². The normalized spacial score (nSPS) is 18.8. The van der Waals surface area contributed by atoms with Crippen LogP contribution in [0.4, 0.5) is 4.39 Å². The summed E-state index contributed by atoms with van der Waals surface area (Å²) in [6.07, 6.45) is 0.771. The van der Waals surface area contributed by atoms with E-state index in [0.29, 0.717) is 6.42 Å². The van der Waals surface area contributed by atoms with Gasteiger partial charge in [-0.1, -0.05) is 34.1 Å².